The van der Waals surface area contributed by atoms with Crippen LogP contribution >= 0.6 is 0 Å². The zero-order chi connectivity index (χ0) is 20.7. The molecule has 2 fully saturated rings. The summed E-state index contributed by atoms with van der Waals surface area (Å²) in [5, 5.41) is 0. The SMILES string of the molecule is C#C.C=C(C(C)/C(C)=C\CC)N(C1CCCCC1)C1CCCCC1.C=CC. The van der Waals surface area contributed by atoms with Crippen molar-refractivity contribution in [2.45, 2.75) is 110 Å². The molecule has 0 amide bonds. The molecule has 2 rings (SSSR count). The fourth-order valence-corrected chi connectivity index (χ4v) is 4.47. The van der Waals surface area contributed by atoms with Crippen LogP contribution in [0, 0.1) is 18.8 Å². The van der Waals surface area contributed by atoms with Crippen LogP contribution in [0.15, 0.2) is 36.6 Å². The highest BCUT2D eigenvalue weighted by Crippen LogP contribution is 2.36. The molecule has 1 unspecified atom stereocenters. The number of allylic oxidation sites excluding steroid dienone is 3. The molecule has 0 aromatic heterocycles. The average molecular weight is 372 g/mol. The third-order valence-corrected chi connectivity index (χ3v) is 5.98. The summed E-state index contributed by atoms with van der Waals surface area (Å²) >= 11 is 0. The van der Waals surface area contributed by atoms with E-state index in [0.29, 0.717) is 5.92 Å². The quantitative estimate of drug-likeness (QED) is 0.339. The van der Waals surface area contributed by atoms with Crippen molar-refractivity contribution in [3.63, 3.8) is 0 Å². The second-order valence-corrected chi connectivity index (χ2v) is 7.97. The largest absolute Gasteiger partial charge is 0.369 e. The maximum atomic E-state index is 4.59. The van der Waals surface area contributed by atoms with Gasteiger partial charge in [0, 0.05) is 23.7 Å². The molecule has 0 radical (unpaired) electrons. The van der Waals surface area contributed by atoms with E-state index in [2.05, 4.69) is 57.8 Å². The van der Waals surface area contributed by atoms with Crippen LogP contribution < -0.4 is 0 Å². The van der Waals surface area contributed by atoms with Gasteiger partial charge in [-0.05, 0) is 46.0 Å². The van der Waals surface area contributed by atoms with E-state index in [9.17, 15) is 0 Å². The lowest BCUT2D eigenvalue weighted by Crippen LogP contribution is -2.45. The molecule has 1 nitrogen and oxygen atoms in total. The van der Waals surface area contributed by atoms with Crippen LogP contribution in [-0.4, -0.2) is 17.0 Å². The van der Waals surface area contributed by atoms with E-state index in [0.717, 1.165) is 18.5 Å². The van der Waals surface area contributed by atoms with Crippen molar-refractivity contribution >= 4 is 0 Å². The van der Waals surface area contributed by atoms with Gasteiger partial charge in [0.05, 0.1) is 0 Å². The Kier molecular flexibility index (Phi) is 14.8. The van der Waals surface area contributed by atoms with Gasteiger partial charge in [0.15, 0.2) is 0 Å². The minimum absolute atomic E-state index is 0.504. The van der Waals surface area contributed by atoms with Gasteiger partial charge in [-0.15, -0.1) is 19.4 Å². The van der Waals surface area contributed by atoms with Crippen LogP contribution in [0.5, 0.6) is 0 Å². The van der Waals surface area contributed by atoms with E-state index in [4.69, 9.17) is 0 Å². The zero-order valence-corrected chi connectivity index (χ0v) is 18.7. The van der Waals surface area contributed by atoms with E-state index in [-0.39, 0.29) is 0 Å². The summed E-state index contributed by atoms with van der Waals surface area (Å²) in [5.74, 6) is 0.504. The molecule has 0 spiro atoms. The molecule has 0 heterocycles. The molecule has 2 saturated carbocycles. The van der Waals surface area contributed by atoms with Gasteiger partial charge in [-0.25, -0.2) is 0 Å². The molecule has 0 bridgehead atoms. The molecule has 2 aliphatic rings. The first kappa shape index (κ1) is 25.6. The molecule has 1 atom stereocenters. The van der Waals surface area contributed by atoms with Gasteiger partial charge in [-0.1, -0.05) is 76.7 Å². The lowest BCUT2D eigenvalue weighted by atomic mass is 9.86. The molecule has 0 aromatic rings. The topological polar surface area (TPSA) is 3.24 Å². The van der Waals surface area contributed by atoms with E-state index in [1.165, 1.54) is 75.5 Å². The van der Waals surface area contributed by atoms with Gasteiger partial charge >= 0.3 is 0 Å². The standard InChI is InChI=1S/C21H37N.C3H6.C2H2/c1-5-12-17(2)18(3)19(4)22(20-13-8-6-9-14-20)21-15-10-7-11-16-21;1-3-2;1-2/h12,18,20-21H,4-11,13-16H2,1-3H3;3H,1H2,2H3;1-2H/b17-12-;;. The molecule has 0 N–H and O–H groups in total. The number of hydrogen-bond acceptors (Lipinski definition) is 1. The molecular formula is C26H45N. The average Bonchev–Trinajstić information content (AvgIpc) is 2.71. The Labute approximate surface area is 171 Å². The first-order chi connectivity index (χ1) is 13.1. The Morgan fingerprint density at radius 1 is 1.00 bits per heavy atom. The minimum Gasteiger partial charge on any atom is -0.369 e. The summed E-state index contributed by atoms with van der Waals surface area (Å²) in [6.45, 7) is 16.7. The normalized spacial score (nSPS) is 19.6. The van der Waals surface area contributed by atoms with Crippen molar-refractivity contribution in [2.75, 3.05) is 0 Å². The van der Waals surface area contributed by atoms with Gasteiger partial charge in [-0.2, -0.15) is 0 Å². The van der Waals surface area contributed by atoms with Crippen molar-refractivity contribution in [3.05, 3.63) is 36.6 Å². The van der Waals surface area contributed by atoms with E-state index in [1.807, 2.05) is 6.92 Å². The van der Waals surface area contributed by atoms with Crippen molar-refractivity contribution in [3.8, 4) is 12.8 Å². The summed E-state index contributed by atoms with van der Waals surface area (Å²) < 4.78 is 0. The third kappa shape index (κ3) is 8.87. The van der Waals surface area contributed by atoms with E-state index < -0.39 is 0 Å². The summed E-state index contributed by atoms with van der Waals surface area (Å²) in [7, 11) is 0. The number of hydrogen-bond donors (Lipinski definition) is 0. The van der Waals surface area contributed by atoms with Gasteiger partial charge < -0.3 is 4.90 Å². The zero-order valence-electron chi connectivity index (χ0n) is 18.7. The molecule has 0 saturated heterocycles. The molecule has 1 heteroatoms. The Balaban J connectivity index is 0.00000123. The van der Waals surface area contributed by atoms with Crippen LogP contribution in [0.3, 0.4) is 0 Å². The molecule has 27 heavy (non-hydrogen) atoms. The van der Waals surface area contributed by atoms with E-state index >= 15 is 0 Å². The monoisotopic (exact) mass is 371 g/mol. The van der Waals surface area contributed by atoms with Gasteiger partial charge in [0.2, 0.25) is 0 Å². The van der Waals surface area contributed by atoms with Crippen molar-refractivity contribution in [1.82, 2.24) is 4.90 Å². The summed E-state index contributed by atoms with van der Waals surface area (Å²) in [6.07, 6.45) is 27.4. The minimum atomic E-state index is 0.504. The first-order valence-electron chi connectivity index (χ1n) is 11.1. The van der Waals surface area contributed by atoms with Crippen LogP contribution in [0.4, 0.5) is 0 Å². The van der Waals surface area contributed by atoms with Gasteiger partial charge in [0.1, 0.15) is 0 Å². The molecule has 154 valence electrons. The van der Waals surface area contributed by atoms with Crippen LogP contribution in [0.1, 0.15) is 98.3 Å². The molecule has 0 aliphatic heterocycles. The summed E-state index contributed by atoms with van der Waals surface area (Å²) in [6, 6.07) is 1.53. The van der Waals surface area contributed by atoms with Crippen LogP contribution in [0.25, 0.3) is 0 Å². The van der Waals surface area contributed by atoms with Gasteiger partial charge in [0.25, 0.3) is 0 Å². The van der Waals surface area contributed by atoms with Crippen molar-refractivity contribution in [1.29, 1.82) is 0 Å². The lowest BCUT2D eigenvalue weighted by molar-refractivity contribution is 0.109. The van der Waals surface area contributed by atoms with Crippen LogP contribution in [0.2, 0.25) is 0 Å². The fourth-order valence-electron chi connectivity index (χ4n) is 4.47. The molecular weight excluding hydrogens is 326 g/mol. The van der Waals surface area contributed by atoms with Crippen molar-refractivity contribution < 1.29 is 0 Å². The number of terminal acetylenes is 1. The van der Waals surface area contributed by atoms with Crippen molar-refractivity contribution in [2.24, 2.45) is 5.92 Å². The summed E-state index contributed by atoms with van der Waals surface area (Å²) in [4.78, 5) is 2.80. The highest BCUT2D eigenvalue weighted by Gasteiger charge is 2.31. The number of rotatable bonds is 6. The lowest BCUT2D eigenvalue weighted by Gasteiger charge is -2.46. The molecule has 0 aromatic carbocycles. The highest BCUT2D eigenvalue weighted by atomic mass is 15.2. The maximum Gasteiger partial charge on any atom is 0.0290 e. The summed E-state index contributed by atoms with van der Waals surface area (Å²) in [5.41, 5.74) is 2.91. The second-order valence-electron chi connectivity index (χ2n) is 7.97. The van der Waals surface area contributed by atoms with Gasteiger partial charge in [-0.3, -0.25) is 0 Å². The smallest absolute Gasteiger partial charge is 0.0290 e. The second kappa shape index (κ2) is 15.6. The Morgan fingerprint density at radius 3 is 1.70 bits per heavy atom. The third-order valence-electron chi connectivity index (χ3n) is 5.98. The predicted octanol–water partition coefficient (Wildman–Crippen LogP) is 7.90. The maximum absolute atomic E-state index is 4.59. The Hall–Kier alpha value is -1.42. The number of nitrogens with zero attached hydrogens (tertiary/aromatic N) is 1. The fraction of sp³-hybridized carbons (Fsp3) is 0.692. The highest BCUT2D eigenvalue weighted by molar-refractivity contribution is 5.17. The first-order valence-corrected chi connectivity index (χ1v) is 11.1. The Bertz CT molecular complexity index is 426. The Morgan fingerprint density at radius 2 is 1.37 bits per heavy atom. The van der Waals surface area contributed by atoms with Crippen LogP contribution in [-0.2, 0) is 0 Å². The predicted molar refractivity (Wildman–Crippen MR) is 124 cm³/mol. The molecule has 2 aliphatic carbocycles. The van der Waals surface area contributed by atoms with E-state index in [1.54, 1.807) is 6.08 Å².